The molecule has 23 heavy (non-hydrogen) atoms. The fourth-order valence-electron chi connectivity index (χ4n) is 3.58. The number of rotatable bonds is 3. The van der Waals surface area contributed by atoms with Gasteiger partial charge < -0.3 is 4.98 Å². The summed E-state index contributed by atoms with van der Waals surface area (Å²) in [5.41, 5.74) is 8.87. The Morgan fingerprint density at radius 3 is 2.78 bits per heavy atom. The summed E-state index contributed by atoms with van der Waals surface area (Å²) in [6.07, 6.45) is 10.6. The Morgan fingerprint density at radius 1 is 1.13 bits per heavy atom. The van der Waals surface area contributed by atoms with Crippen molar-refractivity contribution < 1.29 is 4.79 Å². The molecule has 2 aromatic heterocycles. The van der Waals surface area contributed by atoms with E-state index in [0.717, 1.165) is 55.5 Å². The Bertz CT molecular complexity index is 732. The molecule has 0 atom stereocenters. The highest BCUT2D eigenvalue weighted by molar-refractivity contribution is 5.94. The number of nitrogens with one attached hydrogen (secondary N) is 3. The number of amides is 1. The maximum atomic E-state index is 12.2. The molecule has 6 heteroatoms. The number of aromatic amines is 2. The van der Waals surface area contributed by atoms with Crippen LogP contribution in [0.3, 0.4) is 0 Å². The average molecular weight is 311 g/mol. The third kappa shape index (κ3) is 2.81. The van der Waals surface area contributed by atoms with Crippen LogP contribution >= 0.6 is 0 Å². The van der Waals surface area contributed by atoms with Crippen molar-refractivity contribution in [1.29, 1.82) is 0 Å². The standard InChI is InChI=1S/C17H21N5O/c23-17(16-13-6-2-4-8-15(13)20-21-16)22-18-10-12-9-11-5-1-3-7-14(11)19-12/h9-10,19H,1-8H2,(H,20,21)(H,22,23)/b18-10+. The van der Waals surface area contributed by atoms with E-state index in [1.807, 2.05) is 0 Å². The topological polar surface area (TPSA) is 85.9 Å². The molecule has 0 aromatic carbocycles. The zero-order valence-corrected chi connectivity index (χ0v) is 13.1. The van der Waals surface area contributed by atoms with Crippen LogP contribution in [0.15, 0.2) is 11.2 Å². The molecule has 0 spiro atoms. The van der Waals surface area contributed by atoms with E-state index < -0.39 is 0 Å². The van der Waals surface area contributed by atoms with Crippen molar-refractivity contribution in [1.82, 2.24) is 20.6 Å². The molecule has 0 saturated heterocycles. The predicted molar refractivity (Wildman–Crippen MR) is 87.7 cm³/mol. The summed E-state index contributed by atoms with van der Waals surface area (Å²) in [5.74, 6) is -0.239. The zero-order chi connectivity index (χ0) is 15.6. The fourth-order valence-corrected chi connectivity index (χ4v) is 3.58. The summed E-state index contributed by atoms with van der Waals surface area (Å²) in [6, 6.07) is 2.13. The molecule has 0 aliphatic heterocycles. The SMILES string of the molecule is O=C(N/N=C/c1cc2c([nH]1)CCCC2)c1n[nH]c2c1CCCC2. The number of carbonyl (C=O) groups is 1. The number of aromatic nitrogens is 3. The summed E-state index contributed by atoms with van der Waals surface area (Å²) in [7, 11) is 0. The predicted octanol–water partition coefficient (Wildman–Crippen LogP) is 2.26. The van der Waals surface area contributed by atoms with Gasteiger partial charge in [-0.25, -0.2) is 5.43 Å². The second-order valence-electron chi connectivity index (χ2n) is 6.37. The van der Waals surface area contributed by atoms with Crippen LogP contribution in [0, 0.1) is 0 Å². The normalized spacial score (nSPS) is 17.0. The lowest BCUT2D eigenvalue weighted by Crippen LogP contribution is -2.20. The van der Waals surface area contributed by atoms with Gasteiger partial charge in [0, 0.05) is 17.0 Å². The van der Waals surface area contributed by atoms with E-state index >= 15 is 0 Å². The Kier molecular flexibility index (Phi) is 3.73. The van der Waals surface area contributed by atoms with Gasteiger partial charge in [-0.1, -0.05) is 0 Å². The van der Waals surface area contributed by atoms with Crippen LogP contribution < -0.4 is 5.43 Å². The lowest BCUT2D eigenvalue weighted by Gasteiger charge is -2.10. The van der Waals surface area contributed by atoms with Gasteiger partial charge in [-0.15, -0.1) is 0 Å². The Morgan fingerprint density at radius 2 is 1.91 bits per heavy atom. The largest absolute Gasteiger partial charge is 0.357 e. The lowest BCUT2D eigenvalue weighted by molar-refractivity contribution is 0.0949. The third-order valence-electron chi connectivity index (χ3n) is 4.78. The van der Waals surface area contributed by atoms with Crippen molar-refractivity contribution in [3.05, 3.63) is 40.0 Å². The van der Waals surface area contributed by atoms with Crippen LogP contribution in [0.4, 0.5) is 0 Å². The first-order valence-electron chi connectivity index (χ1n) is 8.41. The molecule has 2 aliphatic carbocycles. The van der Waals surface area contributed by atoms with E-state index in [4.69, 9.17) is 0 Å². The van der Waals surface area contributed by atoms with Crippen LogP contribution in [-0.2, 0) is 25.7 Å². The zero-order valence-electron chi connectivity index (χ0n) is 13.1. The summed E-state index contributed by atoms with van der Waals surface area (Å²) >= 11 is 0. The second-order valence-corrected chi connectivity index (χ2v) is 6.37. The van der Waals surface area contributed by atoms with Crippen molar-refractivity contribution >= 4 is 12.1 Å². The minimum Gasteiger partial charge on any atom is -0.357 e. The molecule has 2 aromatic rings. The van der Waals surface area contributed by atoms with Crippen LogP contribution in [0.5, 0.6) is 0 Å². The smallest absolute Gasteiger partial charge is 0.292 e. The lowest BCUT2D eigenvalue weighted by atomic mass is 9.96. The molecule has 1 amide bonds. The monoisotopic (exact) mass is 311 g/mol. The number of H-pyrrole nitrogens is 2. The van der Waals surface area contributed by atoms with Crippen molar-refractivity contribution in [2.24, 2.45) is 5.10 Å². The Hall–Kier alpha value is -2.37. The highest BCUT2D eigenvalue weighted by atomic mass is 16.2. The van der Waals surface area contributed by atoms with E-state index in [9.17, 15) is 4.79 Å². The number of carbonyl (C=O) groups excluding carboxylic acids is 1. The highest BCUT2D eigenvalue weighted by Crippen LogP contribution is 2.22. The van der Waals surface area contributed by atoms with Gasteiger partial charge in [0.1, 0.15) is 0 Å². The number of aryl methyl sites for hydroxylation is 3. The molecule has 2 aliphatic rings. The Labute approximate surface area is 134 Å². The maximum absolute atomic E-state index is 12.2. The molecule has 0 bridgehead atoms. The first kappa shape index (κ1) is 14.2. The number of nitrogens with zero attached hydrogens (tertiary/aromatic N) is 2. The molecule has 6 nitrogen and oxygen atoms in total. The summed E-state index contributed by atoms with van der Waals surface area (Å²) in [5, 5.41) is 11.2. The number of hydrogen-bond donors (Lipinski definition) is 3. The summed E-state index contributed by atoms with van der Waals surface area (Å²) in [6.45, 7) is 0. The van der Waals surface area contributed by atoms with Gasteiger partial charge in [0.05, 0.1) is 11.9 Å². The minimum absolute atomic E-state index is 0.239. The minimum atomic E-state index is -0.239. The first-order chi connectivity index (χ1) is 11.3. The molecular weight excluding hydrogens is 290 g/mol. The van der Waals surface area contributed by atoms with Crippen molar-refractivity contribution in [2.45, 2.75) is 51.4 Å². The van der Waals surface area contributed by atoms with Crippen LogP contribution in [0.2, 0.25) is 0 Å². The van der Waals surface area contributed by atoms with Gasteiger partial charge in [-0.3, -0.25) is 9.89 Å². The van der Waals surface area contributed by atoms with Gasteiger partial charge in [0.2, 0.25) is 0 Å². The average Bonchev–Trinajstić information content (AvgIpc) is 3.18. The molecule has 0 saturated carbocycles. The molecule has 0 fully saturated rings. The van der Waals surface area contributed by atoms with Gasteiger partial charge >= 0.3 is 0 Å². The third-order valence-corrected chi connectivity index (χ3v) is 4.78. The van der Waals surface area contributed by atoms with Gasteiger partial charge in [0.25, 0.3) is 5.91 Å². The number of hydrazone groups is 1. The maximum Gasteiger partial charge on any atom is 0.292 e. The van der Waals surface area contributed by atoms with E-state index in [1.165, 1.54) is 24.1 Å². The van der Waals surface area contributed by atoms with E-state index in [1.54, 1.807) is 6.21 Å². The van der Waals surface area contributed by atoms with E-state index in [0.29, 0.717) is 5.69 Å². The molecule has 0 radical (unpaired) electrons. The molecule has 2 heterocycles. The second kappa shape index (κ2) is 6.02. The van der Waals surface area contributed by atoms with Crippen molar-refractivity contribution in [3.8, 4) is 0 Å². The summed E-state index contributed by atoms with van der Waals surface area (Å²) < 4.78 is 0. The van der Waals surface area contributed by atoms with E-state index in [-0.39, 0.29) is 5.91 Å². The number of fused-ring (bicyclic) bond motifs is 2. The van der Waals surface area contributed by atoms with Gasteiger partial charge in [-0.05, 0) is 63.0 Å². The Balaban J connectivity index is 1.43. The van der Waals surface area contributed by atoms with Crippen molar-refractivity contribution in [3.63, 3.8) is 0 Å². The number of hydrogen-bond acceptors (Lipinski definition) is 3. The molecule has 120 valence electrons. The van der Waals surface area contributed by atoms with Crippen molar-refractivity contribution in [2.75, 3.05) is 0 Å². The van der Waals surface area contributed by atoms with E-state index in [2.05, 4.69) is 31.8 Å². The molecular formula is C17H21N5O. The molecule has 0 unspecified atom stereocenters. The fraction of sp³-hybridized carbons (Fsp3) is 0.471. The van der Waals surface area contributed by atoms with Crippen LogP contribution in [0.1, 0.15) is 64.4 Å². The quantitative estimate of drug-likeness (QED) is 0.600. The van der Waals surface area contributed by atoms with Crippen LogP contribution in [0.25, 0.3) is 0 Å². The molecule has 3 N–H and O–H groups in total. The highest BCUT2D eigenvalue weighted by Gasteiger charge is 2.21. The molecule has 4 rings (SSSR count). The first-order valence-corrected chi connectivity index (χ1v) is 8.41. The van der Waals surface area contributed by atoms with Gasteiger partial charge in [0.15, 0.2) is 5.69 Å². The van der Waals surface area contributed by atoms with Crippen LogP contribution in [-0.4, -0.2) is 27.3 Å². The summed E-state index contributed by atoms with van der Waals surface area (Å²) in [4.78, 5) is 15.6. The van der Waals surface area contributed by atoms with Gasteiger partial charge in [-0.2, -0.15) is 10.2 Å².